The summed E-state index contributed by atoms with van der Waals surface area (Å²) >= 11 is 0. The fourth-order valence-electron chi connectivity index (χ4n) is 3.59. The molecule has 1 aliphatic rings. The van der Waals surface area contributed by atoms with E-state index < -0.39 is 42.9 Å². The lowest BCUT2D eigenvalue weighted by molar-refractivity contribution is -0.142. The van der Waals surface area contributed by atoms with E-state index in [9.17, 15) is 26.7 Å². The number of furan rings is 1. The number of aromatic nitrogens is 1. The van der Waals surface area contributed by atoms with E-state index in [1.165, 1.54) is 37.3 Å². The Hall–Kier alpha value is -3.21. The maximum atomic E-state index is 13.9. The number of halogens is 5. The van der Waals surface area contributed by atoms with Crippen molar-refractivity contribution in [2.45, 2.75) is 31.7 Å². The summed E-state index contributed by atoms with van der Waals surface area (Å²) in [6.07, 6.45) is -3.59. The molecule has 0 spiro atoms. The van der Waals surface area contributed by atoms with E-state index in [2.05, 4.69) is 15.6 Å². The highest BCUT2D eigenvalue weighted by atomic mass is 19.4. The van der Waals surface area contributed by atoms with Gasteiger partial charge in [-0.3, -0.25) is 9.78 Å². The molecular weight excluding hydrogens is 437 g/mol. The molecule has 2 N–H and O–H groups in total. The lowest BCUT2D eigenvalue weighted by Crippen LogP contribution is -2.46. The van der Waals surface area contributed by atoms with Crippen LogP contribution in [0.4, 0.5) is 22.0 Å². The summed E-state index contributed by atoms with van der Waals surface area (Å²) in [7, 11) is 0. The van der Waals surface area contributed by atoms with Crippen LogP contribution in [0.15, 0.2) is 40.9 Å². The summed E-state index contributed by atoms with van der Waals surface area (Å²) in [5.74, 6) is -3.43. The van der Waals surface area contributed by atoms with Crippen molar-refractivity contribution in [3.05, 3.63) is 59.1 Å². The van der Waals surface area contributed by atoms with Crippen molar-refractivity contribution in [2.24, 2.45) is 0 Å². The van der Waals surface area contributed by atoms with Gasteiger partial charge in [-0.15, -0.1) is 0 Å². The molecule has 0 saturated carbocycles. The van der Waals surface area contributed by atoms with Crippen molar-refractivity contribution in [1.82, 2.24) is 15.6 Å². The smallest absolute Gasteiger partial charge is 0.433 e. The number of nitrogens with zero attached hydrogens (tertiary/aromatic N) is 1. The second-order valence-electron chi connectivity index (χ2n) is 7.41. The van der Waals surface area contributed by atoms with Crippen LogP contribution in [0.5, 0.6) is 5.75 Å². The standard InChI is InChI=1S/C21H18F5N3O3/c1-11-17(19(30)29-16-8-27-10-20(16,22)23)14-7-13(4-5-15(14)32-11)31-9-12-3-2-6-28-18(12)21(24,25)26/h2-7,16,27H,8-10H2,1H3,(H,29,30). The molecule has 6 nitrogen and oxygen atoms in total. The first kappa shape index (κ1) is 22.0. The maximum Gasteiger partial charge on any atom is 0.433 e. The molecule has 0 aliphatic carbocycles. The van der Waals surface area contributed by atoms with Gasteiger partial charge < -0.3 is 19.8 Å². The second-order valence-corrected chi connectivity index (χ2v) is 7.41. The SMILES string of the molecule is Cc1oc2ccc(OCc3cccnc3C(F)(F)F)cc2c1C(=O)NC1CNCC1(F)F. The number of nitrogens with one attached hydrogen (secondary N) is 2. The van der Waals surface area contributed by atoms with Crippen LogP contribution in [0.3, 0.4) is 0 Å². The summed E-state index contributed by atoms with van der Waals surface area (Å²) in [6, 6.07) is 5.65. The Morgan fingerprint density at radius 3 is 2.81 bits per heavy atom. The van der Waals surface area contributed by atoms with Crippen LogP contribution in [0, 0.1) is 6.92 Å². The zero-order valence-electron chi connectivity index (χ0n) is 16.7. The molecular formula is C21H18F5N3O3. The maximum absolute atomic E-state index is 13.9. The first-order chi connectivity index (χ1) is 15.1. The van der Waals surface area contributed by atoms with Gasteiger partial charge in [0.15, 0.2) is 5.69 Å². The van der Waals surface area contributed by atoms with E-state index >= 15 is 0 Å². The molecule has 3 aromatic rings. The van der Waals surface area contributed by atoms with Crippen molar-refractivity contribution in [3.63, 3.8) is 0 Å². The fourth-order valence-corrected chi connectivity index (χ4v) is 3.59. The monoisotopic (exact) mass is 455 g/mol. The molecule has 1 saturated heterocycles. The summed E-state index contributed by atoms with van der Waals surface area (Å²) in [5, 5.41) is 5.15. The van der Waals surface area contributed by atoms with Crippen LogP contribution in [0.1, 0.15) is 27.4 Å². The molecule has 1 fully saturated rings. The Morgan fingerprint density at radius 2 is 2.12 bits per heavy atom. The third-order valence-corrected chi connectivity index (χ3v) is 5.14. The Bertz CT molecular complexity index is 1160. The molecule has 11 heteroatoms. The van der Waals surface area contributed by atoms with Crippen molar-refractivity contribution in [1.29, 1.82) is 0 Å². The number of hydrogen-bond acceptors (Lipinski definition) is 5. The van der Waals surface area contributed by atoms with Gasteiger partial charge in [0.1, 0.15) is 29.7 Å². The van der Waals surface area contributed by atoms with Crippen molar-refractivity contribution >= 4 is 16.9 Å². The lowest BCUT2D eigenvalue weighted by Gasteiger charge is -2.19. The zero-order chi connectivity index (χ0) is 23.1. The number of carbonyl (C=O) groups is 1. The Balaban J connectivity index is 1.58. The molecule has 32 heavy (non-hydrogen) atoms. The summed E-state index contributed by atoms with van der Waals surface area (Å²) in [4.78, 5) is 16.1. The van der Waals surface area contributed by atoms with Crippen molar-refractivity contribution < 1.29 is 35.9 Å². The number of carbonyl (C=O) groups excluding carboxylic acids is 1. The number of aryl methyl sites for hydroxylation is 1. The summed E-state index contributed by atoms with van der Waals surface area (Å²) in [6.45, 7) is 0.502. The van der Waals surface area contributed by atoms with Gasteiger partial charge in [-0.25, -0.2) is 8.78 Å². The molecule has 0 radical (unpaired) electrons. The first-order valence-electron chi connectivity index (χ1n) is 9.63. The topological polar surface area (TPSA) is 76.4 Å². The van der Waals surface area contributed by atoms with Crippen LogP contribution < -0.4 is 15.4 Å². The number of fused-ring (bicyclic) bond motifs is 1. The molecule has 1 atom stereocenters. The molecule has 4 rings (SSSR count). The first-order valence-corrected chi connectivity index (χ1v) is 9.63. The number of rotatable bonds is 5. The molecule has 2 aromatic heterocycles. The Morgan fingerprint density at radius 1 is 1.34 bits per heavy atom. The largest absolute Gasteiger partial charge is 0.489 e. The van der Waals surface area contributed by atoms with Gasteiger partial charge in [-0.05, 0) is 31.2 Å². The van der Waals surface area contributed by atoms with E-state index in [-0.39, 0.29) is 29.2 Å². The lowest BCUT2D eigenvalue weighted by atomic mass is 10.1. The Kier molecular flexibility index (Phi) is 5.53. The van der Waals surface area contributed by atoms with Crippen LogP contribution in [-0.2, 0) is 12.8 Å². The van der Waals surface area contributed by atoms with Crippen molar-refractivity contribution in [3.8, 4) is 5.75 Å². The van der Waals surface area contributed by atoms with E-state index in [0.29, 0.717) is 11.0 Å². The van der Waals surface area contributed by atoms with Gasteiger partial charge >= 0.3 is 6.18 Å². The van der Waals surface area contributed by atoms with Gasteiger partial charge in [0.05, 0.1) is 12.1 Å². The second kappa shape index (κ2) is 8.05. The predicted octanol–water partition coefficient (Wildman–Crippen LogP) is 4.07. The summed E-state index contributed by atoms with van der Waals surface area (Å²) in [5.41, 5.74) is -0.831. The van der Waals surface area contributed by atoms with Crippen LogP contribution in [-0.4, -0.2) is 35.9 Å². The molecule has 1 amide bonds. The van der Waals surface area contributed by atoms with E-state index in [1.54, 1.807) is 0 Å². The van der Waals surface area contributed by atoms with Gasteiger partial charge in [-0.1, -0.05) is 6.07 Å². The number of hydrogen-bond donors (Lipinski definition) is 2. The zero-order valence-corrected chi connectivity index (χ0v) is 16.7. The summed E-state index contributed by atoms with van der Waals surface area (Å²) < 4.78 is 78.1. The minimum Gasteiger partial charge on any atom is -0.489 e. The minimum absolute atomic E-state index is 0.0607. The molecule has 1 aliphatic heterocycles. The van der Waals surface area contributed by atoms with E-state index in [4.69, 9.17) is 9.15 Å². The van der Waals surface area contributed by atoms with E-state index in [0.717, 1.165) is 6.20 Å². The van der Waals surface area contributed by atoms with Crippen LogP contribution in [0.25, 0.3) is 11.0 Å². The Labute approximate surface area is 178 Å². The van der Waals surface area contributed by atoms with Gasteiger partial charge in [0, 0.05) is 23.7 Å². The van der Waals surface area contributed by atoms with Crippen LogP contribution in [0.2, 0.25) is 0 Å². The van der Waals surface area contributed by atoms with Gasteiger partial charge in [-0.2, -0.15) is 13.2 Å². The highest BCUT2D eigenvalue weighted by Gasteiger charge is 2.45. The van der Waals surface area contributed by atoms with E-state index in [1.807, 2.05) is 0 Å². The minimum atomic E-state index is -4.63. The van der Waals surface area contributed by atoms with Crippen LogP contribution >= 0.6 is 0 Å². The van der Waals surface area contributed by atoms with Crippen molar-refractivity contribution in [2.75, 3.05) is 13.1 Å². The molecule has 0 bridgehead atoms. The highest BCUT2D eigenvalue weighted by molar-refractivity contribution is 6.07. The number of alkyl halides is 5. The third-order valence-electron chi connectivity index (χ3n) is 5.14. The molecule has 1 aromatic carbocycles. The number of pyridine rings is 1. The third kappa shape index (κ3) is 4.24. The predicted molar refractivity (Wildman–Crippen MR) is 104 cm³/mol. The normalized spacial score (nSPS) is 18.1. The average Bonchev–Trinajstić information content (AvgIpc) is 3.23. The molecule has 170 valence electrons. The number of ether oxygens (including phenoxy) is 1. The molecule has 1 unspecified atom stereocenters. The highest BCUT2D eigenvalue weighted by Crippen LogP contribution is 2.32. The van der Waals surface area contributed by atoms with Gasteiger partial charge in [0.25, 0.3) is 11.8 Å². The average molecular weight is 455 g/mol. The quantitative estimate of drug-likeness (QED) is 0.568. The fraction of sp³-hybridized carbons (Fsp3) is 0.333. The number of benzene rings is 1. The number of amides is 1. The molecule has 3 heterocycles. The van der Waals surface area contributed by atoms with Gasteiger partial charge in [0.2, 0.25) is 0 Å².